The van der Waals surface area contributed by atoms with Gasteiger partial charge in [0.15, 0.2) is 0 Å². The van der Waals surface area contributed by atoms with Gasteiger partial charge in [0.2, 0.25) is 0 Å². The lowest BCUT2D eigenvalue weighted by Gasteiger charge is -2.27. The van der Waals surface area contributed by atoms with E-state index in [0.717, 1.165) is 25.2 Å². The number of nitrogens with one attached hydrogen (secondary N) is 1. The molecule has 1 N–H and O–H groups in total. The van der Waals surface area contributed by atoms with E-state index in [1.165, 1.54) is 51.9 Å². The van der Waals surface area contributed by atoms with Crippen LogP contribution in [-0.4, -0.2) is 50.3 Å². The average molecular weight is 226 g/mol. The highest BCUT2D eigenvalue weighted by atomic mass is 16.5. The van der Waals surface area contributed by atoms with Gasteiger partial charge >= 0.3 is 0 Å². The molecule has 0 saturated carbocycles. The molecule has 2 saturated heterocycles. The third-order valence-corrected chi connectivity index (χ3v) is 3.81. The van der Waals surface area contributed by atoms with Gasteiger partial charge in [-0.1, -0.05) is 6.92 Å². The second-order valence-corrected chi connectivity index (χ2v) is 5.26. The lowest BCUT2D eigenvalue weighted by atomic mass is 10.00. The Bertz CT molecular complexity index is 192. The smallest absolute Gasteiger partial charge is 0.0469 e. The van der Waals surface area contributed by atoms with E-state index in [4.69, 9.17) is 4.74 Å². The van der Waals surface area contributed by atoms with E-state index in [2.05, 4.69) is 17.1 Å². The fraction of sp³-hybridized carbons (Fsp3) is 1.00. The van der Waals surface area contributed by atoms with Gasteiger partial charge in [0.1, 0.15) is 0 Å². The molecule has 3 nitrogen and oxygen atoms in total. The van der Waals surface area contributed by atoms with E-state index in [0.29, 0.717) is 0 Å². The van der Waals surface area contributed by atoms with Crippen molar-refractivity contribution in [1.29, 1.82) is 0 Å². The highest BCUT2D eigenvalue weighted by molar-refractivity contribution is 4.82. The predicted molar refractivity (Wildman–Crippen MR) is 66.7 cm³/mol. The van der Waals surface area contributed by atoms with Gasteiger partial charge in [-0.2, -0.15) is 0 Å². The van der Waals surface area contributed by atoms with Gasteiger partial charge in [-0.15, -0.1) is 0 Å². The van der Waals surface area contributed by atoms with E-state index < -0.39 is 0 Å². The van der Waals surface area contributed by atoms with Crippen LogP contribution in [0.15, 0.2) is 0 Å². The third-order valence-electron chi connectivity index (χ3n) is 3.81. The fourth-order valence-corrected chi connectivity index (χ4v) is 2.81. The molecule has 94 valence electrons. The molecule has 0 bridgehead atoms. The summed E-state index contributed by atoms with van der Waals surface area (Å²) in [6.07, 6.45) is 5.12. The van der Waals surface area contributed by atoms with Crippen LogP contribution in [0.1, 0.15) is 32.6 Å². The van der Waals surface area contributed by atoms with E-state index in [1.807, 2.05) is 0 Å². The van der Waals surface area contributed by atoms with E-state index in [9.17, 15) is 0 Å². The normalized spacial score (nSPS) is 28.7. The molecule has 2 aliphatic heterocycles. The summed E-state index contributed by atoms with van der Waals surface area (Å²) in [4.78, 5) is 2.64. The van der Waals surface area contributed by atoms with Crippen LogP contribution in [0.25, 0.3) is 0 Å². The maximum atomic E-state index is 5.41. The van der Waals surface area contributed by atoms with E-state index >= 15 is 0 Å². The van der Waals surface area contributed by atoms with Crippen molar-refractivity contribution in [3.63, 3.8) is 0 Å². The Morgan fingerprint density at radius 3 is 2.81 bits per heavy atom. The molecule has 3 heteroatoms. The van der Waals surface area contributed by atoms with Crippen LogP contribution >= 0.6 is 0 Å². The number of ether oxygens (including phenoxy) is 1. The first-order valence-electron chi connectivity index (χ1n) is 6.92. The Balaban J connectivity index is 1.63. The maximum absolute atomic E-state index is 5.41. The third kappa shape index (κ3) is 3.72. The summed E-state index contributed by atoms with van der Waals surface area (Å²) in [5.74, 6) is 0.888. The zero-order chi connectivity index (χ0) is 11.2. The standard InChI is InChI=1S/C13H26N2O/c1-2-6-14-13-3-7-15(11-13)10-12-4-8-16-9-5-12/h12-14H,2-11H2,1H3. The van der Waals surface area contributed by atoms with Crippen molar-refractivity contribution in [2.45, 2.75) is 38.6 Å². The summed E-state index contributed by atoms with van der Waals surface area (Å²) in [6.45, 7) is 9.23. The van der Waals surface area contributed by atoms with Gasteiger partial charge in [0.25, 0.3) is 0 Å². The molecule has 0 amide bonds. The molecule has 0 aromatic heterocycles. The summed E-state index contributed by atoms with van der Waals surface area (Å²) in [6, 6.07) is 0.750. The Morgan fingerprint density at radius 1 is 1.25 bits per heavy atom. The molecule has 1 unspecified atom stereocenters. The molecular formula is C13H26N2O. The summed E-state index contributed by atoms with van der Waals surface area (Å²) in [7, 11) is 0. The number of nitrogens with zero attached hydrogens (tertiary/aromatic N) is 1. The summed E-state index contributed by atoms with van der Waals surface area (Å²) < 4.78 is 5.41. The van der Waals surface area contributed by atoms with Crippen LogP contribution in [0.4, 0.5) is 0 Å². The summed E-state index contributed by atoms with van der Waals surface area (Å²) in [5.41, 5.74) is 0. The second-order valence-electron chi connectivity index (χ2n) is 5.26. The lowest BCUT2D eigenvalue weighted by Crippen LogP contribution is -2.35. The molecule has 0 aromatic carbocycles. The number of rotatable bonds is 5. The minimum Gasteiger partial charge on any atom is -0.381 e. The Hall–Kier alpha value is -0.120. The highest BCUT2D eigenvalue weighted by Gasteiger charge is 2.24. The van der Waals surface area contributed by atoms with Crippen LogP contribution in [0.5, 0.6) is 0 Å². The highest BCUT2D eigenvalue weighted by Crippen LogP contribution is 2.19. The maximum Gasteiger partial charge on any atom is 0.0469 e. The first kappa shape index (κ1) is 12.3. The van der Waals surface area contributed by atoms with Crippen LogP contribution in [0, 0.1) is 5.92 Å². The van der Waals surface area contributed by atoms with Crippen LogP contribution in [0.3, 0.4) is 0 Å². The second kappa shape index (κ2) is 6.58. The van der Waals surface area contributed by atoms with E-state index in [-0.39, 0.29) is 0 Å². The molecule has 16 heavy (non-hydrogen) atoms. The fourth-order valence-electron chi connectivity index (χ4n) is 2.81. The minimum absolute atomic E-state index is 0.750. The Labute approximate surface area is 99.5 Å². The molecule has 2 fully saturated rings. The summed E-state index contributed by atoms with van der Waals surface area (Å²) in [5, 5.41) is 3.63. The van der Waals surface area contributed by atoms with Gasteiger partial charge in [-0.05, 0) is 44.7 Å². The van der Waals surface area contributed by atoms with Gasteiger partial charge < -0.3 is 15.0 Å². The monoisotopic (exact) mass is 226 g/mol. The molecular weight excluding hydrogens is 200 g/mol. The van der Waals surface area contributed by atoms with Crippen molar-refractivity contribution < 1.29 is 4.74 Å². The number of hydrogen-bond donors (Lipinski definition) is 1. The van der Waals surface area contributed by atoms with Crippen molar-refractivity contribution in [2.75, 3.05) is 39.4 Å². The van der Waals surface area contributed by atoms with Crippen LogP contribution < -0.4 is 5.32 Å². The zero-order valence-electron chi connectivity index (χ0n) is 10.6. The first-order valence-corrected chi connectivity index (χ1v) is 6.92. The van der Waals surface area contributed by atoms with Gasteiger partial charge in [-0.3, -0.25) is 0 Å². The predicted octanol–water partition coefficient (Wildman–Crippen LogP) is 1.49. The van der Waals surface area contributed by atoms with Crippen molar-refractivity contribution >= 4 is 0 Å². The van der Waals surface area contributed by atoms with Crippen LogP contribution in [0.2, 0.25) is 0 Å². The minimum atomic E-state index is 0.750. The molecule has 2 rings (SSSR count). The molecule has 2 heterocycles. The van der Waals surface area contributed by atoms with Gasteiger partial charge in [-0.25, -0.2) is 0 Å². The quantitative estimate of drug-likeness (QED) is 0.768. The van der Waals surface area contributed by atoms with Crippen molar-refractivity contribution in [3.8, 4) is 0 Å². The lowest BCUT2D eigenvalue weighted by molar-refractivity contribution is 0.0553. The first-order chi connectivity index (χ1) is 7.88. The van der Waals surface area contributed by atoms with Crippen molar-refractivity contribution in [2.24, 2.45) is 5.92 Å². The molecule has 1 atom stereocenters. The SMILES string of the molecule is CCCNC1CCN(CC2CCOCC2)C1. The van der Waals surface area contributed by atoms with Crippen LogP contribution in [-0.2, 0) is 4.74 Å². The number of hydrogen-bond acceptors (Lipinski definition) is 3. The van der Waals surface area contributed by atoms with Crippen molar-refractivity contribution in [1.82, 2.24) is 10.2 Å². The Morgan fingerprint density at radius 2 is 2.06 bits per heavy atom. The molecule has 0 radical (unpaired) electrons. The topological polar surface area (TPSA) is 24.5 Å². The van der Waals surface area contributed by atoms with Crippen molar-refractivity contribution in [3.05, 3.63) is 0 Å². The van der Waals surface area contributed by atoms with Gasteiger partial charge in [0.05, 0.1) is 0 Å². The molecule has 0 aromatic rings. The van der Waals surface area contributed by atoms with Gasteiger partial charge in [0, 0.05) is 32.3 Å². The molecule has 0 spiro atoms. The van der Waals surface area contributed by atoms with E-state index in [1.54, 1.807) is 0 Å². The molecule has 2 aliphatic rings. The zero-order valence-corrected chi connectivity index (χ0v) is 10.6. The summed E-state index contributed by atoms with van der Waals surface area (Å²) >= 11 is 0. The average Bonchev–Trinajstić information content (AvgIpc) is 2.75. The molecule has 0 aliphatic carbocycles. The number of likely N-dealkylation sites (tertiary alicyclic amines) is 1. The Kier molecular flexibility index (Phi) is 5.07. The largest absolute Gasteiger partial charge is 0.381 e.